The van der Waals surface area contributed by atoms with Crippen molar-refractivity contribution in [1.82, 2.24) is 24.9 Å². The number of aryl methyl sites for hydroxylation is 2. The molecule has 35 heavy (non-hydrogen) atoms. The van der Waals surface area contributed by atoms with Crippen molar-refractivity contribution in [3.05, 3.63) is 52.4 Å². The Balaban J connectivity index is 1.62. The molecule has 10 heteroatoms. The maximum atomic E-state index is 13.4. The average molecular weight is 491 g/mol. The van der Waals surface area contributed by atoms with E-state index < -0.39 is 0 Å². The molecule has 0 unspecified atom stereocenters. The van der Waals surface area contributed by atoms with Gasteiger partial charge in [0.25, 0.3) is 0 Å². The molecule has 0 amide bonds. The molecule has 0 spiro atoms. The summed E-state index contributed by atoms with van der Waals surface area (Å²) in [6, 6.07) is 10.7. The fraction of sp³-hybridized carbons (Fsp3) is 0.360. The van der Waals surface area contributed by atoms with E-state index in [1.165, 1.54) is 23.5 Å². The fourth-order valence-electron chi connectivity index (χ4n) is 4.52. The molecule has 1 aromatic carbocycles. The number of rotatable bonds is 5. The van der Waals surface area contributed by atoms with Gasteiger partial charge in [-0.25, -0.2) is 18.9 Å². The predicted octanol–water partition coefficient (Wildman–Crippen LogP) is 4.30. The number of aromatic nitrogens is 4. The van der Waals surface area contributed by atoms with Gasteiger partial charge in [-0.1, -0.05) is 18.3 Å². The minimum absolute atomic E-state index is 0.324. The molecular weight excluding hydrogens is 463 g/mol. The first-order chi connectivity index (χ1) is 16.9. The second kappa shape index (κ2) is 9.24. The van der Waals surface area contributed by atoms with Gasteiger partial charge in [0.05, 0.1) is 5.69 Å². The number of nitriles is 1. The van der Waals surface area contributed by atoms with Gasteiger partial charge >= 0.3 is 0 Å². The number of thiazole rings is 1. The number of halogens is 1. The van der Waals surface area contributed by atoms with Crippen molar-refractivity contribution in [1.29, 1.82) is 5.26 Å². The van der Waals surface area contributed by atoms with E-state index in [-0.39, 0.29) is 5.82 Å². The lowest BCUT2D eigenvalue weighted by molar-refractivity contribution is 0.497. The molecule has 1 aliphatic heterocycles. The highest BCUT2D eigenvalue weighted by molar-refractivity contribution is 7.16. The summed E-state index contributed by atoms with van der Waals surface area (Å²) < 4.78 is 15.3. The normalized spacial score (nSPS) is 16.0. The van der Waals surface area contributed by atoms with Crippen LogP contribution < -0.4 is 15.1 Å². The highest BCUT2D eigenvalue weighted by Gasteiger charge is 2.26. The van der Waals surface area contributed by atoms with Gasteiger partial charge < -0.3 is 15.1 Å². The van der Waals surface area contributed by atoms with Gasteiger partial charge in [0.1, 0.15) is 34.0 Å². The Hall–Kier alpha value is -3.55. The molecule has 1 fully saturated rings. The lowest BCUT2D eigenvalue weighted by atomic mass is 10.1. The van der Waals surface area contributed by atoms with E-state index in [4.69, 9.17) is 15.1 Å². The van der Waals surface area contributed by atoms with Crippen LogP contribution in [0.4, 0.5) is 21.0 Å². The van der Waals surface area contributed by atoms with Crippen molar-refractivity contribution in [3.63, 3.8) is 0 Å². The molecule has 0 saturated carbocycles. The fourth-order valence-corrected chi connectivity index (χ4v) is 5.37. The highest BCUT2D eigenvalue weighted by atomic mass is 32.1. The maximum absolute atomic E-state index is 13.4. The highest BCUT2D eigenvalue weighted by Crippen LogP contribution is 2.38. The minimum atomic E-state index is -0.324. The first-order valence-corrected chi connectivity index (χ1v) is 12.5. The van der Waals surface area contributed by atoms with Crippen LogP contribution in [0.15, 0.2) is 30.3 Å². The van der Waals surface area contributed by atoms with Crippen LogP contribution in [0.3, 0.4) is 0 Å². The largest absolute Gasteiger partial charge is 0.351 e. The first-order valence-electron chi connectivity index (χ1n) is 11.7. The number of hydrogen-bond acceptors (Lipinski definition) is 8. The Morgan fingerprint density at radius 2 is 2.06 bits per heavy atom. The molecule has 4 aromatic rings. The molecule has 0 radical (unpaired) electrons. The van der Waals surface area contributed by atoms with E-state index in [0.717, 1.165) is 54.6 Å². The predicted molar refractivity (Wildman–Crippen MR) is 137 cm³/mol. The van der Waals surface area contributed by atoms with Crippen LogP contribution >= 0.6 is 11.3 Å². The van der Waals surface area contributed by atoms with Crippen molar-refractivity contribution < 1.29 is 4.39 Å². The number of fused-ring (bicyclic) bond motifs is 1. The zero-order chi connectivity index (χ0) is 24.7. The smallest absolute Gasteiger partial charge is 0.191 e. The summed E-state index contributed by atoms with van der Waals surface area (Å²) >= 11 is 1.31. The first kappa shape index (κ1) is 23.2. The number of piperazine rings is 1. The number of nitrogens with one attached hydrogen (secondary N) is 1. The molecule has 5 rings (SSSR count). The zero-order valence-corrected chi connectivity index (χ0v) is 21.0. The summed E-state index contributed by atoms with van der Waals surface area (Å²) in [7, 11) is 1.93. The number of nitrogens with zero attached hydrogens (tertiary/aromatic N) is 7. The van der Waals surface area contributed by atoms with Crippen molar-refractivity contribution in [3.8, 4) is 17.3 Å². The molecule has 1 N–H and O–H groups in total. The molecule has 180 valence electrons. The van der Waals surface area contributed by atoms with Crippen LogP contribution in [0.1, 0.15) is 30.1 Å². The van der Waals surface area contributed by atoms with E-state index >= 15 is 0 Å². The second-order valence-corrected chi connectivity index (χ2v) is 9.72. The maximum Gasteiger partial charge on any atom is 0.191 e. The van der Waals surface area contributed by atoms with Gasteiger partial charge in [-0.2, -0.15) is 10.4 Å². The summed E-state index contributed by atoms with van der Waals surface area (Å²) in [5.74, 6) is 0.611. The molecule has 0 bridgehead atoms. The third-order valence-electron chi connectivity index (χ3n) is 6.39. The van der Waals surface area contributed by atoms with Crippen LogP contribution in [0.2, 0.25) is 0 Å². The van der Waals surface area contributed by atoms with Crippen LogP contribution in [0.25, 0.3) is 16.9 Å². The molecule has 1 aliphatic rings. The van der Waals surface area contributed by atoms with Crippen LogP contribution in [-0.4, -0.2) is 52.3 Å². The van der Waals surface area contributed by atoms with Gasteiger partial charge in [0.15, 0.2) is 10.8 Å². The van der Waals surface area contributed by atoms with Gasteiger partial charge in [-0.3, -0.25) is 0 Å². The molecule has 1 saturated heterocycles. The summed E-state index contributed by atoms with van der Waals surface area (Å²) in [6.07, 6.45) is 0.725. The molecule has 3 aromatic heterocycles. The van der Waals surface area contributed by atoms with Gasteiger partial charge in [0, 0.05) is 50.0 Å². The van der Waals surface area contributed by atoms with Gasteiger partial charge in [0.2, 0.25) is 0 Å². The summed E-state index contributed by atoms with van der Waals surface area (Å²) in [5, 5.41) is 18.7. The number of benzene rings is 1. The van der Waals surface area contributed by atoms with Crippen molar-refractivity contribution >= 4 is 33.6 Å². The van der Waals surface area contributed by atoms with Crippen LogP contribution in [-0.2, 0) is 6.42 Å². The summed E-state index contributed by atoms with van der Waals surface area (Å²) in [4.78, 5) is 14.6. The topological polar surface area (TPSA) is 85.4 Å². The molecular formula is C25H27FN8S. The van der Waals surface area contributed by atoms with Crippen LogP contribution in [0.5, 0.6) is 0 Å². The second-order valence-electron chi connectivity index (χ2n) is 8.74. The van der Waals surface area contributed by atoms with E-state index in [1.807, 2.05) is 23.4 Å². The third kappa shape index (κ3) is 4.11. The van der Waals surface area contributed by atoms with E-state index in [1.54, 1.807) is 12.1 Å². The number of hydrogen-bond donors (Lipinski definition) is 1. The molecule has 0 aliphatic carbocycles. The Bertz CT molecular complexity index is 1420. The zero-order valence-electron chi connectivity index (χ0n) is 20.2. The Morgan fingerprint density at radius 1 is 1.29 bits per heavy atom. The lowest BCUT2D eigenvalue weighted by Crippen LogP contribution is -2.50. The molecule has 8 nitrogen and oxygen atoms in total. The quantitative estimate of drug-likeness (QED) is 0.446. The minimum Gasteiger partial charge on any atom is -0.351 e. The summed E-state index contributed by atoms with van der Waals surface area (Å²) in [6.45, 7) is 9.05. The SMILES string of the molecule is CCc1nn2c(C)cc(N3CCNC[C@H]3C)nc2c1N(C)c1nc(-c2ccc(F)cc2)c(C#N)s1. The van der Waals surface area contributed by atoms with E-state index in [0.29, 0.717) is 27.3 Å². The molecule has 4 heterocycles. The number of anilines is 3. The van der Waals surface area contributed by atoms with Crippen molar-refractivity contribution in [2.45, 2.75) is 33.2 Å². The Kier molecular flexibility index (Phi) is 6.13. The third-order valence-corrected chi connectivity index (χ3v) is 7.42. The molecule has 1 atom stereocenters. The van der Waals surface area contributed by atoms with Crippen molar-refractivity contribution in [2.75, 3.05) is 36.5 Å². The van der Waals surface area contributed by atoms with Crippen molar-refractivity contribution in [2.24, 2.45) is 0 Å². The Morgan fingerprint density at radius 3 is 2.74 bits per heavy atom. The van der Waals surface area contributed by atoms with E-state index in [2.05, 4.69) is 36.2 Å². The van der Waals surface area contributed by atoms with Gasteiger partial charge in [-0.05, 0) is 44.5 Å². The standard InChI is InChI=1S/C25H27FN8S/c1-5-19-23(24-29-21(12-15(2)34(24)31-19)33-11-10-28-14-16(33)3)32(4)25-30-22(20(13-27)35-25)17-6-8-18(26)9-7-17/h6-9,12,16,28H,5,10-11,14H2,1-4H3/t16-/m1/s1. The van der Waals surface area contributed by atoms with Gasteiger partial charge in [-0.15, -0.1) is 0 Å². The lowest BCUT2D eigenvalue weighted by Gasteiger charge is -2.35. The monoisotopic (exact) mass is 490 g/mol. The summed E-state index contributed by atoms with van der Waals surface area (Å²) in [5.41, 5.74) is 4.82. The Labute approximate surface area is 207 Å². The van der Waals surface area contributed by atoms with E-state index in [9.17, 15) is 9.65 Å². The van der Waals surface area contributed by atoms with Crippen LogP contribution in [0, 0.1) is 24.1 Å². The average Bonchev–Trinajstić information content (AvgIpc) is 3.46.